The molecule has 2 aromatic rings. The molecule has 10 heteroatoms. The summed E-state index contributed by atoms with van der Waals surface area (Å²) >= 11 is 0. The van der Waals surface area contributed by atoms with Crippen molar-refractivity contribution in [1.29, 1.82) is 0 Å². The Morgan fingerprint density at radius 3 is 2.77 bits per heavy atom. The molecular weight excluding hydrogens is 369 g/mol. The Hall–Kier alpha value is -1.94. The summed E-state index contributed by atoms with van der Waals surface area (Å²) in [5, 5.41) is 3.71. The van der Waals surface area contributed by atoms with E-state index in [0.717, 1.165) is 6.26 Å². The Kier molecular flexibility index (Phi) is 5.07. The third-order valence-corrected chi connectivity index (χ3v) is 5.48. The number of sulfone groups is 1. The summed E-state index contributed by atoms with van der Waals surface area (Å²) < 4.78 is 60.9. The number of alkyl halides is 3. The van der Waals surface area contributed by atoms with Gasteiger partial charge in [-0.3, -0.25) is 4.90 Å². The van der Waals surface area contributed by atoms with Crippen LogP contribution in [0.25, 0.3) is 10.9 Å². The Morgan fingerprint density at radius 1 is 1.31 bits per heavy atom. The van der Waals surface area contributed by atoms with Crippen molar-refractivity contribution in [2.75, 3.05) is 37.8 Å². The first-order chi connectivity index (χ1) is 12.1. The van der Waals surface area contributed by atoms with Gasteiger partial charge in [-0.25, -0.2) is 18.4 Å². The monoisotopic (exact) mass is 388 g/mol. The minimum Gasteiger partial charge on any atom is -0.369 e. The van der Waals surface area contributed by atoms with Gasteiger partial charge in [-0.1, -0.05) is 0 Å². The number of anilines is 1. The predicted molar refractivity (Wildman–Crippen MR) is 91.7 cm³/mol. The van der Waals surface area contributed by atoms with E-state index < -0.39 is 22.6 Å². The number of benzene rings is 1. The lowest BCUT2D eigenvalue weighted by molar-refractivity contribution is -0.143. The van der Waals surface area contributed by atoms with Gasteiger partial charge in [0.25, 0.3) is 0 Å². The lowest BCUT2D eigenvalue weighted by atomic mass is 10.1. The zero-order valence-corrected chi connectivity index (χ0v) is 14.9. The Balaban J connectivity index is 1.71. The number of fused-ring (bicyclic) bond motifs is 1. The van der Waals surface area contributed by atoms with Crippen LogP contribution in [0.2, 0.25) is 0 Å². The lowest BCUT2D eigenvalue weighted by Gasteiger charge is -2.18. The van der Waals surface area contributed by atoms with Crippen LogP contribution in [0.4, 0.5) is 19.0 Å². The number of halogens is 3. The van der Waals surface area contributed by atoms with Gasteiger partial charge in [-0.2, -0.15) is 13.2 Å². The first-order valence-electron chi connectivity index (χ1n) is 8.09. The lowest BCUT2D eigenvalue weighted by Crippen LogP contribution is -2.33. The molecule has 1 saturated heterocycles. The summed E-state index contributed by atoms with van der Waals surface area (Å²) in [6.45, 7) is 0.347. The molecule has 1 atom stereocenters. The van der Waals surface area contributed by atoms with Crippen LogP contribution in [-0.4, -0.2) is 61.9 Å². The minimum atomic E-state index is -4.19. The largest absolute Gasteiger partial charge is 0.401 e. The summed E-state index contributed by atoms with van der Waals surface area (Å²) in [4.78, 5) is 9.84. The van der Waals surface area contributed by atoms with E-state index in [0.29, 0.717) is 42.8 Å². The molecule has 26 heavy (non-hydrogen) atoms. The molecule has 2 heterocycles. The zero-order chi connectivity index (χ0) is 18.9. The number of nitrogens with zero attached hydrogens (tertiary/aromatic N) is 3. The smallest absolute Gasteiger partial charge is 0.369 e. The van der Waals surface area contributed by atoms with Gasteiger partial charge in [-0.15, -0.1) is 0 Å². The second-order valence-corrected chi connectivity index (χ2v) is 8.58. The molecule has 0 saturated carbocycles. The van der Waals surface area contributed by atoms with Crippen molar-refractivity contribution < 1.29 is 21.6 Å². The van der Waals surface area contributed by atoms with Crippen LogP contribution in [0.3, 0.4) is 0 Å². The normalized spacial score (nSPS) is 19.2. The maximum Gasteiger partial charge on any atom is 0.401 e. The second kappa shape index (κ2) is 6.99. The summed E-state index contributed by atoms with van der Waals surface area (Å²) in [5.74, 6) is 0.551. The molecule has 0 amide bonds. The summed E-state index contributed by atoms with van der Waals surface area (Å²) in [7, 11) is -3.36. The standard InChI is InChI=1S/C16H19F3N4O2S/c1-26(24,25)12-2-3-14-13(6-12)15(22-10-21-14)20-7-11-4-5-23(8-11)9-16(17,18)19/h2-3,6,10-11H,4-5,7-9H2,1H3,(H,20,21,22)/t11-/m0/s1. The van der Waals surface area contributed by atoms with Crippen LogP contribution >= 0.6 is 0 Å². The van der Waals surface area contributed by atoms with Crippen molar-refractivity contribution in [2.45, 2.75) is 17.5 Å². The van der Waals surface area contributed by atoms with Crippen molar-refractivity contribution in [3.8, 4) is 0 Å². The van der Waals surface area contributed by atoms with Crippen molar-refractivity contribution in [3.05, 3.63) is 24.5 Å². The first kappa shape index (κ1) is 18.8. The van der Waals surface area contributed by atoms with E-state index in [1.54, 1.807) is 6.07 Å². The molecule has 1 fully saturated rings. The number of hydrogen-bond donors (Lipinski definition) is 1. The molecule has 0 bridgehead atoms. The molecule has 1 aliphatic heterocycles. The molecule has 1 aliphatic rings. The fourth-order valence-corrected chi connectivity index (χ4v) is 3.77. The van der Waals surface area contributed by atoms with Gasteiger partial charge in [-0.05, 0) is 37.1 Å². The Morgan fingerprint density at radius 2 is 2.08 bits per heavy atom. The molecule has 1 aromatic heterocycles. The molecule has 1 aromatic carbocycles. The van der Waals surface area contributed by atoms with E-state index in [2.05, 4.69) is 15.3 Å². The highest BCUT2D eigenvalue weighted by atomic mass is 32.2. The third kappa shape index (κ3) is 4.61. The SMILES string of the molecule is CS(=O)(=O)c1ccc2ncnc(NC[C@@H]3CCN(CC(F)(F)F)C3)c2c1. The maximum atomic E-state index is 12.5. The number of nitrogens with one attached hydrogen (secondary N) is 1. The highest BCUT2D eigenvalue weighted by Gasteiger charge is 2.34. The Labute approximate surface area is 149 Å². The van der Waals surface area contributed by atoms with Crippen molar-refractivity contribution in [1.82, 2.24) is 14.9 Å². The summed E-state index contributed by atoms with van der Waals surface area (Å²) in [6, 6.07) is 4.61. The quantitative estimate of drug-likeness (QED) is 0.847. The molecule has 0 radical (unpaired) electrons. The number of hydrogen-bond acceptors (Lipinski definition) is 6. The van der Waals surface area contributed by atoms with Crippen LogP contribution in [0, 0.1) is 5.92 Å². The average Bonchev–Trinajstić information content (AvgIpc) is 2.97. The molecule has 142 valence electrons. The average molecular weight is 388 g/mol. The van der Waals surface area contributed by atoms with Gasteiger partial charge in [0.15, 0.2) is 9.84 Å². The van der Waals surface area contributed by atoms with E-state index in [4.69, 9.17) is 0 Å². The van der Waals surface area contributed by atoms with E-state index in [1.807, 2.05) is 0 Å². The van der Waals surface area contributed by atoms with Crippen LogP contribution in [0.5, 0.6) is 0 Å². The van der Waals surface area contributed by atoms with Crippen molar-refractivity contribution in [2.24, 2.45) is 5.92 Å². The number of rotatable bonds is 5. The van der Waals surface area contributed by atoms with E-state index in [-0.39, 0.29) is 10.8 Å². The van der Waals surface area contributed by atoms with E-state index in [1.165, 1.54) is 23.4 Å². The van der Waals surface area contributed by atoms with Crippen LogP contribution in [0.1, 0.15) is 6.42 Å². The van der Waals surface area contributed by atoms with Gasteiger partial charge < -0.3 is 5.32 Å². The third-order valence-electron chi connectivity index (χ3n) is 4.37. The fraction of sp³-hybridized carbons (Fsp3) is 0.500. The molecule has 6 nitrogen and oxygen atoms in total. The topological polar surface area (TPSA) is 75.2 Å². The first-order valence-corrected chi connectivity index (χ1v) is 9.99. The Bertz CT molecular complexity index is 902. The molecule has 0 spiro atoms. The molecule has 1 N–H and O–H groups in total. The molecule has 0 unspecified atom stereocenters. The number of likely N-dealkylation sites (tertiary alicyclic amines) is 1. The van der Waals surface area contributed by atoms with Gasteiger partial charge in [0.1, 0.15) is 12.1 Å². The predicted octanol–water partition coefficient (Wildman–Crippen LogP) is 2.33. The zero-order valence-electron chi connectivity index (χ0n) is 14.1. The number of aromatic nitrogens is 2. The van der Waals surface area contributed by atoms with Gasteiger partial charge in [0, 0.05) is 24.7 Å². The molecular formula is C16H19F3N4O2S. The van der Waals surface area contributed by atoms with Gasteiger partial charge in [0.05, 0.1) is 17.0 Å². The van der Waals surface area contributed by atoms with Gasteiger partial charge >= 0.3 is 6.18 Å². The van der Waals surface area contributed by atoms with Gasteiger partial charge in [0.2, 0.25) is 0 Å². The molecule has 0 aliphatic carbocycles. The molecule has 3 rings (SSSR count). The summed E-state index contributed by atoms with van der Waals surface area (Å²) in [6.07, 6.45) is -1.03. The van der Waals surface area contributed by atoms with E-state index >= 15 is 0 Å². The van der Waals surface area contributed by atoms with Crippen LogP contribution < -0.4 is 5.32 Å². The van der Waals surface area contributed by atoms with Crippen LogP contribution in [0.15, 0.2) is 29.4 Å². The second-order valence-electron chi connectivity index (χ2n) is 6.56. The van der Waals surface area contributed by atoms with Crippen LogP contribution in [-0.2, 0) is 9.84 Å². The highest BCUT2D eigenvalue weighted by molar-refractivity contribution is 7.90. The maximum absolute atomic E-state index is 12.5. The van der Waals surface area contributed by atoms with E-state index in [9.17, 15) is 21.6 Å². The van der Waals surface area contributed by atoms with Crippen molar-refractivity contribution >= 4 is 26.6 Å². The highest BCUT2D eigenvalue weighted by Crippen LogP contribution is 2.25. The fourth-order valence-electron chi connectivity index (χ4n) is 3.12. The summed E-state index contributed by atoms with van der Waals surface area (Å²) in [5.41, 5.74) is 0.597. The minimum absolute atomic E-state index is 0.0699. The van der Waals surface area contributed by atoms with Crippen molar-refractivity contribution in [3.63, 3.8) is 0 Å².